The van der Waals surface area contributed by atoms with E-state index in [-0.39, 0.29) is 0 Å². The van der Waals surface area contributed by atoms with E-state index >= 15 is 0 Å². The first-order valence-electron chi connectivity index (χ1n) is 6.20. The zero-order valence-corrected chi connectivity index (χ0v) is 10.8. The molecule has 4 nitrogen and oxygen atoms in total. The third-order valence-electron chi connectivity index (χ3n) is 3.43. The van der Waals surface area contributed by atoms with Crippen LogP contribution in [0, 0.1) is 0 Å². The average Bonchev–Trinajstić information content (AvgIpc) is 2.83. The Kier molecular flexibility index (Phi) is 3.06. The first-order chi connectivity index (χ1) is 8.81. The fourth-order valence-corrected chi connectivity index (χ4v) is 2.73. The SMILES string of the molecule is NCc1ccnc(-n2cnc3c2CCCC3)c1Cl. The molecule has 2 aromatic rings. The van der Waals surface area contributed by atoms with Crippen LogP contribution in [-0.4, -0.2) is 14.5 Å². The predicted octanol–water partition coefficient (Wildman–Crippen LogP) is 2.26. The lowest BCUT2D eigenvalue weighted by atomic mass is 10.0. The van der Waals surface area contributed by atoms with E-state index in [1.54, 1.807) is 6.20 Å². The largest absolute Gasteiger partial charge is 0.326 e. The van der Waals surface area contributed by atoms with E-state index < -0.39 is 0 Å². The average molecular weight is 263 g/mol. The molecule has 0 bridgehead atoms. The Bertz CT molecular complexity index is 576. The summed E-state index contributed by atoms with van der Waals surface area (Å²) in [5.41, 5.74) is 9.01. The lowest BCUT2D eigenvalue weighted by molar-refractivity contribution is 0.654. The van der Waals surface area contributed by atoms with Gasteiger partial charge in [0, 0.05) is 18.4 Å². The molecule has 0 radical (unpaired) electrons. The van der Waals surface area contributed by atoms with Crippen LogP contribution in [0.2, 0.25) is 5.02 Å². The molecule has 94 valence electrons. The molecule has 0 fully saturated rings. The normalized spacial score (nSPS) is 14.6. The van der Waals surface area contributed by atoms with Crippen molar-refractivity contribution in [2.24, 2.45) is 5.73 Å². The van der Waals surface area contributed by atoms with Crippen molar-refractivity contribution in [3.05, 3.63) is 40.6 Å². The van der Waals surface area contributed by atoms with Crippen molar-refractivity contribution in [1.82, 2.24) is 14.5 Å². The Balaban J connectivity index is 2.13. The number of imidazole rings is 1. The molecule has 0 amide bonds. The highest BCUT2D eigenvalue weighted by Crippen LogP contribution is 2.27. The molecule has 3 rings (SSSR count). The van der Waals surface area contributed by atoms with Crippen LogP contribution in [0.3, 0.4) is 0 Å². The fraction of sp³-hybridized carbons (Fsp3) is 0.385. The molecule has 0 unspecified atom stereocenters. The van der Waals surface area contributed by atoms with Gasteiger partial charge in [-0.3, -0.25) is 4.57 Å². The molecule has 5 heteroatoms. The van der Waals surface area contributed by atoms with Gasteiger partial charge in [-0.25, -0.2) is 9.97 Å². The topological polar surface area (TPSA) is 56.7 Å². The second-order valence-corrected chi connectivity index (χ2v) is 4.90. The Morgan fingerprint density at radius 2 is 2.11 bits per heavy atom. The number of aromatic nitrogens is 3. The summed E-state index contributed by atoms with van der Waals surface area (Å²) in [6.07, 6.45) is 8.08. The quantitative estimate of drug-likeness (QED) is 0.903. The minimum absolute atomic E-state index is 0.422. The van der Waals surface area contributed by atoms with Crippen LogP contribution in [0.4, 0.5) is 0 Å². The fourth-order valence-electron chi connectivity index (χ4n) is 2.45. The van der Waals surface area contributed by atoms with Gasteiger partial charge in [0.1, 0.15) is 6.33 Å². The number of pyridine rings is 1. The Morgan fingerprint density at radius 1 is 1.28 bits per heavy atom. The molecule has 0 saturated carbocycles. The minimum atomic E-state index is 0.422. The maximum absolute atomic E-state index is 6.35. The van der Waals surface area contributed by atoms with Crippen LogP contribution < -0.4 is 5.73 Å². The Hall–Kier alpha value is -1.39. The smallest absolute Gasteiger partial charge is 0.157 e. The van der Waals surface area contributed by atoms with Gasteiger partial charge in [-0.1, -0.05) is 11.6 Å². The second-order valence-electron chi connectivity index (χ2n) is 4.53. The summed E-state index contributed by atoms with van der Waals surface area (Å²) in [6, 6.07) is 1.86. The summed E-state index contributed by atoms with van der Waals surface area (Å²) in [7, 11) is 0. The number of hydrogen-bond acceptors (Lipinski definition) is 3. The van der Waals surface area contributed by atoms with Crippen LogP contribution in [-0.2, 0) is 19.4 Å². The van der Waals surface area contributed by atoms with E-state index in [1.165, 1.54) is 24.2 Å². The van der Waals surface area contributed by atoms with Crippen molar-refractivity contribution >= 4 is 11.6 Å². The van der Waals surface area contributed by atoms with Crippen LogP contribution in [0.1, 0.15) is 29.8 Å². The molecule has 18 heavy (non-hydrogen) atoms. The molecule has 0 saturated heterocycles. The molecule has 0 spiro atoms. The van der Waals surface area contributed by atoms with Crippen molar-refractivity contribution < 1.29 is 0 Å². The predicted molar refractivity (Wildman–Crippen MR) is 70.9 cm³/mol. The highest BCUT2D eigenvalue weighted by Gasteiger charge is 2.18. The van der Waals surface area contributed by atoms with Gasteiger partial charge in [0.25, 0.3) is 0 Å². The van der Waals surface area contributed by atoms with Gasteiger partial charge in [0.2, 0.25) is 0 Å². The Morgan fingerprint density at radius 3 is 2.94 bits per heavy atom. The molecule has 0 aliphatic heterocycles. The zero-order chi connectivity index (χ0) is 12.5. The number of fused-ring (bicyclic) bond motifs is 1. The number of halogens is 1. The second kappa shape index (κ2) is 4.71. The summed E-state index contributed by atoms with van der Waals surface area (Å²) < 4.78 is 2.01. The van der Waals surface area contributed by atoms with E-state index in [4.69, 9.17) is 17.3 Å². The van der Waals surface area contributed by atoms with E-state index in [0.717, 1.165) is 24.2 Å². The number of nitrogens with two attached hydrogens (primary N) is 1. The van der Waals surface area contributed by atoms with Crippen LogP contribution in [0.25, 0.3) is 5.82 Å². The molecule has 2 N–H and O–H groups in total. The van der Waals surface area contributed by atoms with Gasteiger partial charge in [0.15, 0.2) is 5.82 Å². The van der Waals surface area contributed by atoms with Crippen molar-refractivity contribution in [1.29, 1.82) is 0 Å². The van der Waals surface area contributed by atoms with Crippen molar-refractivity contribution in [3.8, 4) is 5.82 Å². The van der Waals surface area contributed by atoms with Crippen molar-refractivity contribution in [2.75, 3.05) is 0 Å². The van der Waals surface area contributed by atoms with Gasteiger partial charge < -0.3 is 5.73 Å². The van der Waals surface area contributed by atoms with Gasteiger partial charge >= 0.3 is 0 Å². The molecule has 1 aliphatic rings. The summed E-state index contributed by atoms with van der Waals surface area (Å²) in [6.45, 7) is 0.422. The maximum Gasteiger partial charge on any atom is 0.157 e. The van der Waals surface area contributed by atoms with Crippen LogP contribution >= 0.6 is 11.6 Å². The molecule has 2 heterocycles. The third kappa shape index (κ3) is 1.82. The summed E-state index contributed by atoms with van der Waals surface area (Å²) >= 11 is 6.35. The van der Waals surface area contributed by atoms with Gasteiger partial charge in [-0.05, 0) is 37.3 Å². The first-order valence-corrected chi connectivity index (χ1v) is 6.58. The van der Waals surface area contributed by atoms with Gasteiger partial charge in [0.05, 0.1) is 10.7 Å². The molecular weight excluding hydrogens is 248 g/mol. The molecule has 0 atom stereocenters. The summed E-state index contributed by atoms with van der Waals surface area (Å²) in [5, 5.41) is 0.630. The lowest BCUT2D eigenvalue weighted by Gasteiger charge is -2.15. The minimum Gasteiger partial charge on any atom is -0.326 e. The van der Waals surface area contributed by atoms with E-state index in [1.807, 2.05) is 17.0 Å². The van der Waals surface area contributed by atoms with E-state index in [9.17, 15) is 0 Å². The standard InChI is InChI=1S/C13H15ClN4/c14-12-9(7-15)5-6-16-13(12)18-8-17-10-3-1-2-4-11(10)18/h5-6,8H,1-4,7,15H2. The van der Waals surface area contributed by atoms with E-state index in [0.29, 0.717) is 11.6 Å². The first kappa shape index (κ1) is 11.7. The lowest BCUT2D eigenvalue weighted by Crippen LogP contribution is -2.09. The molecule has 2 aromatic heterocycles. The maximum atomic E-state index is 6.35. The number of hydrogen-bond donors (Lipinski definition) is 1. The van der Waals surface area contributed by atoms with Gasteiger partial charge in [-0.2, -0.15) is 0 Å². The zero-order valence-electron chi connectivity index (χ0n) is 10.1. The molecule has 0 aromatic carbocycles. The highest BCUT2D eigenvalue weighted by atomic mass is 35.5. The highest BCUT2D eigenvalue weighted by molar-refractivity contribution is 6.32. The number of aryl methyl sites for hydroxylation is 1. The summed E-state index contributed by atoms with van der Waals surface area (Å²) in [5.74, 6) is 0.746. The van der Waals surface area contributed by atoms with Crippen LogP contribution in [0.5, 0.6) is 0 Å². The third-order valence-corrected chi connectivity index (χ3v) is 3.84. The monoisotopic (exact) mass is 262 g/mol. The van der Waals surface area contributed by atoms with Crippen molar-refractivity contribution in [3.63, 3.8) is 0 Å². The molecule has 1 aliphatic carbocycles. The number of rotatable bonds is 2. The summed E-state index contributed by atoms with van der Waals surface area (Å²) in [4.78, 5) is 8.84. The Labute approximate surface area is 111 Å². The number of nitrogens with zero attached hydrogens (tertiary/aromatic N) is 3. The van der Waals surface area contributed by atoms with Crippen LogP contribution in [0.15, 0.2) is 18.6 Å². The molecular formula is C13H15ClN4. The van der Waals surface area contributed by atoms with Gasteiger partial charge in [-0.15, -0.1) is 0 Å². The van der Waals surface area contributed by atoms with E-state index in [2.05, 4.69) is 9.97 Å². The van der Waals surface area contributed by atoms with Crippen molar-refractivity contribution in [2.45, 2.75) is 32.2 Å².